The first kappa shape index (κ1) is 15.0. The number of H-pyrrole nitrogens is 2. The first-order chi connectivity index (χ1) is 10.5. The number of carbonyl (C=O) groups is 1. The summed E-state index contributed by atoms with van der Waals surface area (Å²) in [4.78, 5) is 41.4. The Balaban J connectivity index is 1.71. The van der Waals surface area contributed by atoms with Crippen molar-refractivity contribution < 1.29 is 14.3 Å². The van der Waals surface area contributed by atoms with Gasteiger partial charge in [-0.05, 0) is 0 Å². The molecule has 8 nitrogen and oxygen atoms in total. The largest absolute Gasteiger partial charge is 0.384 e. The molecule has 2 aliphatic rings. The first-order valence-corrected chi connectivity index (χ1v) is 7.19. The van der Waals surface area contributed by atoms with Crippen LogP contribution in [0, 0.1) is 11.3 Å². The molecular formula is C14H19N3O5. The lowest BCUT2D eigenvalue weighted by Crippen LogP contribution is -2.38. The van der Waals surface area contributed by atoms with Crippen molar-refractivity contribution in [3.63, 3.8) is 0 Å². The van der Waals surface area contributed by atoms with Crippen LogP contribution in [-0.2, 0) is 20.7 Å². The number of nitrogens with one attached hydrogen (secondary N) is 2. The average molecular weight is 309 g/mol. The standard InChI is InChI=1S/C14H19N3O5/c1-21-7-14-6-17(4-10(14)5-22-8-14)11(18)2-9-3-15-13(20)16-12(9)19/h3,10H,2,4-8H2,1H3,(H2,15,16,19,20)/t10-,14-/m0/s1. The molecule has 2 saturated heterocycles. The number of likely N-dealkylation sites (tertiary alicyclic amines) is 1. The van der Waals surface area contributed by atoms with Crippen LogP contribution in [0.2, 0.25) is 0 Å². The lowest BCUT2D eigenvalue weighted by molar-refractivity contribution is -0.130. The van der Waals surface area contributed by atoms with Gasteiger partial charge in [-0.2, -0.15) is 0 Å². The summed E-state index contributed by atoms with van der Waals surface area (Å²) in [5.41, 5.74) is -0.972. The minimum Gasteiger partial charge on any atom is -0.384 e. The molecule has 0 saturated carbocycles. The number of hydrogen-bond donors (Lipinski definition) is 2. The van der Waals surface area contributed by atoms with Crippen molar-refractivity contribution in [1.29, 1.82) is 0 Å². The Labute approximate surface area is 126 Å². The Bertz CT molecular complexity index is 682. The zero-order valence-electron chi connectivity index (χ0n) is 12.4. The number of hydrogen-bond acceptors (Lipinski definition) is 5. The van der Waals surface area contributed by atoms with E-state index in [0.29, 0.717) is 32.9 Å². The van der Waals surface area contributed by atoms with E-state index in [9.17, 15) is 14.4 Å². The van der Waals surface area contributed by atoms with E-state index in [4.69, 9.17) is 9.47 Å². The maximum absolute atomic E-state index is 12.4. The maximum atomic E-state index is 12.4. The smallest absolute Gasteiger partial charge is 0.325 e. The van der Waals surface area contributed by atoms with Crippen LogP contribution in [0.5, 0.6) is 0 Å². The molecule has 3 rings (SSSR count). The number of methoxy groups -OCH3 is 1. The molecule has 0 spiro atoms. The summed E-state index contributed by atoms with van der Waals surface area (Å²) < 4.78 is 10.8. The van der Waals surface area contributed by atoms with Crippen molar-refractivity contribution in [3.8, 4) is 0 Å². The van der Waals surface area contributed by atoms with Gasteiger partial charge in [0.05, 0.1) is 26.2 Å². The van der Waals surface area contributed by atoms with Gasteiger partial charge in [0.15, 0.2) is 0 Å². The fraction of sp³-hybridized carbons (Fsp3) is 0.643. The van der Waals surface area contributed by atoms with Gasteiger partial charge in [0, 0.05) is 43.3 Å². The molecule has 2 atom stereocenters. The number of ether oxygens (including phenoxy) is 2. The van der Waals surface area contributed by atoms with Gasteiger partial charge in [-0.25, -0.2) is 4.79 Å². The molecule has 0 radical (unpaired) electrons. The second-order valence-electron chi connectivity index (χ2n) is 6.06. The highest BCUT2D eigenvalue weighted by Crippen LogP contribution is 2.41. The van der Waals surface area contributed by atoms with Crippen molar-refractivity contribution >= 4 is 5.91 Å². The number of rotatable bonds is 4. The van der Waals surface area contributed by atoms with Crippen LogP contribution >= 0.6 is 0 Å². The summed E-state index contributed by atoms with van der Waals surface area (Å²) in [7, 11) is 1.65. The molecule has 1 aromatic heterocycles. The SMILES string of the molecule is COC[C@@]12COC[C@@H]1CN(C(=O)Cc1c[nH]c(=O)[nH]c1=O)C2. The third-order valence-corrected chi connectivity index (χ3v) is 4.54. The van der Waals surface area contributed by atoms with Crippen LogP contribution in [0.1, 0.15) is 5.56 Å². The molecule has 2 aliphatic heterocycles. The molecule has 0 aromatic carbocycles. The monoisotopic (exact) mass is 309 g/mol. The molecule has 2 N–H and O–H groups in total. The van der Waals surface area contributed by atoms with Crippen molar-refractivity contribution in [2.75, 3.05) is 40.0 Å². The highest BCUT2D eigenvalue weighted by atomic mass is 16.5. The number of aromatic amines is 2. The fourth-order valence-corrected chi connectivity index (χ4v) is 3.36. The molecule has 0 aliphatic carbocycles. The summed E-state index contributed by atoms with van der Waals surface area (Å²) in [5, 5.41) is 0. The van der Waals surface area contributed by atoms with Gasteiger partial charge in [0.1, 0.15) is 0 Å². The third kappa shape index (κ3) is 2.59. The van der Waals surface area contributed by atoms with Crippen LogP contribution in [0.15, 0.2) is 15.8 Å². The van der Waals surface area contributed by atoms with Crippen molar-refractivity contribution in [2.24, 2.45) is 11.3 Å². The molecule has 22 heavy (non-hydrogen) atoms. The van der Waals surface area contributed by atoms with Crippen LogP contribution in [0.3, 0.4) is 0 Å². The summed E-state index contributed by atoms with van der Waals surface area (Å²) in [6, 6.07) is 0. The van der Waals surface area contributed by atoms with Gasteiger partial charge >= 0.3 is 5.69 Å². The van der Waals surface area contributed by atoms with Gasteiger partial charge < -0.3 is 19.4 Å². The number of fused-ring (bicyclic) bond motifs is 1. The summed E-state index contributed by atoms with van der Waals surface area (Å²) in [6.45, 7) is 2.97. The molecular weight excluding hydrogens is 290 g/mol. The van der Waals surface area contributed by atoms with E-state index in [1.165, 1.54) is 6.20 Å². The number of nitrogens with zero attached hydrogens (tertiary/aromatic N) is 1. The lowest BCUT2D eigenvalue weighted by atomic mass is 9.82. The normalized spacial score (nSPS) is 27.1. The van der Waals surface area contributed by atoms with Crippen LogP contribution in [-0.4, -0.2) is 60.8 Å². The van der Waals surface area contributed by atoms with E-state index >= 15 is 0 Å². The summed E-state index contributed by atoms with van der Waals surface area (Å²) in [5.74, 6) is 0.146. The minimum atomic E-state index is -0.576. The second-order valence-corrected chi connectivity index (χ2v) is 6.06. The number of amides is 1. The molecule has 120 valence electrons. The quantitative estimate of drug-likeness (QED) is 0.721. The zero-order valence-corrected chi connectivity index (χ0v) is 12.4. The van der Waals surface area contributed by atoms with Crippen molar-refractivity contribution in [3.05, 3.63) is 32.6 Å². The van der Waals surface area contributed by atoms with E-state index in [0.717, 1.165) is 0 Å². The zero-order chi connectivity index (χ0) is 15.7. The molecule has 2 fully saturated rings. The fourth-order valence-electron chi connectivity index (χ4n) is 3.36. The Morgan fingerprint density at radius 1 is 1.55 bits per heavy atom. The maximum Gasteiger partial charge on any atom is 0.325 e. The molecule has 0 unspecified atom stereocenters. The van der Waals surface area contributed by atoms with Crippen molar-refractivity contribution in [2.45, 2.75) is 6.42 Å². The van der Waals surface area contributed by atoms with Crippen molar-refractivity contribution in [1.82, 2.24) is 14.9 Å². The Morgan fingerprint density at radius 2 is 2.36 bits per heavy atom. The van der Waals surface area contributed by atoms with Gasteiger partial charge in [0.2, 0.25) is 5.91 Å². The molecule has 0 bridgehead atoms. The molecule has 8 heteroatoms. The Morgan fingerprint density at radius 3 is 3.09 bits per heavy atom. The van der Waals surface area contributed by atoms with E-state index in [2.05, 4.69) is 9.97 Å². The Kier molecular flexibility index (Phi) is 3.88. The summed E-state index contributed by atoms with van der Waals surface area (Å²) >= 11 is 0. The van der Waals surface area contributed by atoms with Gasteiger partial charge in [-0.1, -0.05) is 0 Å². The number of aromatic nitrogens is 2. The van der Waals surface area contributed by atoms with E-state index < -0.39 is 11.2 Å². The predicted octanol–water partition coefficient (Wildman–Crippen LogP) is -1.27. The van der Waals surface area contributed by atoms with Crippen LogP contribution < -0.4 is 11.2 Å². The van der Waals surface area contributed by atoms with E-state index in [1.807, 2.05) is 0 Å². The van der Waals surface area contributed by atoms with Gasteiger partial charge in [0.25, 0.3) is 5.56 Å². The molecule has 1 aromatic rings. The minimum absolute atomic E-state index is 0.0250. The predicted molar refractivity (Wildman–Crippen MR) is 76.6 cm³/mol. The highest BCUT2D eigenvalue weighted by Gasteiger charge is 2.51. The van der Waals surface area contributed by atoms with E-state index in [1.54, 1.807) is 12.0 Å². The average Bonchev–Trinajstić information content (AvgIpc) is 2.99. The van der Waals surface area contributed by atoms with Gasteiger partial charge in [-0.3, -0.25) is 14.6 Å². The van der Waals surface area contributed by atoms with Gasteiger partial charge in [-0.15, -0.1) is 0 Å². The van der Waals surface area contributed by atoms with E-state index in [-0.39, 0.29) is 29.2 Å². The van der Waals surface area contributed by atoms with Crippen LogP contribution in [0.4, 0.5) is 0 Å². The molecule has 1 amide bonds. The third-order valence-electron chi connectivity index (χ3n) is 4.54. The lowest BCUT2D eigenvalue weighted by Gasteiger charge is -2.25. The highest BCUT2D eigenvalue weighted by molar-refractivity contribution is 5.79. The second kappa shape index (κ2) is 5.69. The summed E-state index contributed by atoms with van der Waals surface area (Å²) in [6.07, 6.45) is 1.27. The molecule has 3 heterocycles. The topological polar surface area (TPSA) is 104 Å². The number of carbonyl (C=O) groups excluding carboxylic acids is 1. The Hall–Kier alpha value is -1.93. The first-order valence-electron chi connectivity index (χ1n) is 7.19. The van der Waals surface area contributed by atoms with Crippen LogP contribution in [0.25, 0.3) is 0 Å².